The van der Waals surface area contributed by atoms with Crippen molar-refractivity contribution in [3.05, 3.63) is 77.5 Å². The Morgan fingerprint density at radius 3 is 2.27 bits per heavy atom. The molecule has 0 spiro atoms. The van der Waals surface area contributed by atoms with Crippen molar-refractivity contribution < 1.29 is 13.9 Å². The zero-order valence-corrected chi connectivity index (χ0v) is 21.8. The summed E-state index contributed by atoms with van der Waals surface area (Å²) in [5.41, 5.74) is 2.06. The van der Waals surface area contributed by atoms with Crippen molar-refractivity contribution in [1.29, 1.82) is 0 Å². The van der Waals surface area contributed by atoms with Crippen LogP contribution >= 0.6 is 24.0 Å². The Hall–Kier alpha value is -2.75. The van der Waals surface area contributed by atoms with Gasteiger partial charge in [-0.1, -0.05) is 30.3 Å². The lowest BCUT2D eigenvalue weighted by atomic mass is 10.2. The van der Waals surface area contributed by atoms with E-state index in [9.17, 15) is 0 Å². The minimum absolute atomic E-state index is 0. The summed E-state index contributed by atoms with van der Waals surface area (Å²) in [4.78, 5) is 8.58. The molecule has 33 heavy (non-hydrogen) atoms. The summed E-state index contributed by atoms with van der Waals surface area (Å²) >= 11 is 0. The molecule has 0 fully saturated rings. The Kier molecular flexibility index (Phi) is 11.6. The second kappa shape index (κ2) is 14.4. The molecule has 3 rings (SSSR count). The second-order valence-corrected chi connectivity index (χ2v) is 7.40. The average molecular weight is 564 g/mol. The molecule has 7 nitrogen and oxygen atoms in total. The van der Waals surface area contributed by atoms with E-state index in [1.54, 1.807) is 7.05 Å². The van der Waals surface area contributed by atoms with Crippen LogP contribution in [0.2, 0.25) is 0 Å². The van der Waals surface area contributed by atoms with E-state index in [-0.39, 0.29) is 24.0 Å². The van der Waals surface area contributed by atoms with Crippen LogP contribution in [-0.2, 0) is 13.2 Å². The summed E-state index contributed by atoms with van der Waals surface area (Å²) in [7, 11) is 1.75. The van der Waals surface area contributed by atoms with E-state index in [4.69, 9.17) is 13.9 Å². The predicted molar refractivity (Wildman–Crippen MR) is 142 cm³/mol. The minimum atomic E-state index is 0. The molecule has 0 amide bonds. The van der Waals surface area contributed by atoms with Crippen LogP contribution in [0.3, 0.4) is 0 Å². The fourth-order valence-corrected chi connectivity index (χ4v) is 2.99. The number of nitrogens with one attached hydrogen (secondary N) is 2. The van der Waals surface area contributed by atoms with Crippen molar-refractivity contribution in [2.75, 3.05) is 20.2 Å². The number of unbranched alkanes of at least 4 members (excludes halogenated alkanes) is 1. The van der Waals surface area contributed by atoms with Crippen LogP contribution in [0, 0.1) is 13.8 Å². The number of aromatic nitrogens is 1. The number of hydrogen-bond acceptors (Lipinski definition) is 5. The average Bonchev–Trinajstić information content (AvgIpc) is 3.15. The monoisotopic (exact) mass is 564 g/mol. The first-order valence-corrected chi connectivity index (χ1v) is 10.9. The number of benzene rings is 2. The lowest BCUT2D eigenvalue weighted by Gasteiger charge is -2.11. The summed E-state index contributed by atoms with van der Waals surface area (Å²) < 4.78 is 17.2. The number of aryl methyl sites for hydroxylation is 2. The van der Waals surface area contributed by atoms with Gasteiger partial charge in [-0.2, -0.15) is 0 Å². The fourth-order valence-electron chi connectivity index (χ4n) is 2.99. The number of halogens is 1. The topological polar surface area (TPSA) is 80.9 Å². The second-order valence-electron chi connectivity index (χ2n) is 7.40. The molecular weight excluding hydrogens is 531 g/mol. The lowest BCUT2D eigenvalue weighted by molar-refractivity contribution is 0.298. The van der Waals surface area contributed by atoms with Gasteiger partial charge in [0.1, 0.15) is 23.9 Å². The maximum Gasteiger partial charge on any atom is 0.214 e. The molecule has 1 heterocycles. The fraction of sp³-hybridized carbons (Fsp3) is 0.360. The van der Waals surface area contributed by atoms with Gasteiger partial charge >= 0.3 is 0 Å². The van der Waals surface area contributed by atoms with E-state index in [2.05, 4.69) is 32.7 Å². The Bertz CT molecular complexity index is 956. The number of oxazole rings is 1. The van der Waals surface area contributed by atoms with Crippen LogP contribution in [0.15, 0.2) is 64.0 Å². The van der Waals surface area contributed by atoms with Crippen LogP contribution in [0.1, 0.15) is 35.7 Å². The smallest absolute Gasteiger partial charge is 0.214 e. The standard InChI is InChI=1S/C25H32N4O3.HI/c1-19-20(2)32-24(29-19)17-28-25(26-3)27-15-7-8-16-30-22-11-13-23(14-12-22)31-18-21-9-5-4-6-10-21;/h4-6,9-14H,7-8,15-18H2,1-3H3,(H2,26,27,28);1H. The molecule has 0 saturated carbocycles. The zero-order valence-electron chi connectivity index (χ0n) is 19.5. The van der Waals surface area contributed by atoms with Gasteiger partial charge in [0, 0.05) is 13.6 Å². The number of rotatable bonds is 11. The molecule has 178 valence electrons. The highest BCUT2D eigenvalue weighted by atomic mass is 127. The SMILES string of the molecule is CN=C(NCCCCOc1ccc(OCc2ccccc2)cc1)NCc1nc(C)c(C)o1.I. The van der Waals surface area contributed by atoms with Gasteiger partial charge < -0.3 is 24.5 Å². The van der Waals surface area contributed by atoms with Gasteiger partial charge in [-0.05, 0) is 56.5 Å². The summed E-state index contributed by atoms with van der Waals surface area (Å²) in [5.74, 6) is 3.91. The van der Waals surface area contributed by atoms with Gasteiger partial charge in [0.25, 0.3) is 0 Å². The zero-order chi connectivity index (χ0) is 22.6. The van der Waals surface area contributed by atoms with E-state index in [1.807, 2.05) is 56.3 Å². The lowest BCUT2D eigenvalue weighted by Crippen LogP contribution is -2.37. The molecule has 0 bridgehead atoms. The highest BCUT2D eigenvalue weighted by Crippen LogP contribution is 2.19. The van der Waals surface area contributed by atoms with Gasteiger partial charge in [-0.3, -0.25) is 4.99 Å². The number of nitrogens with zero attached hydrogens (tertiary/aromatic N) is 2. The maximum absolute atomic E-state index is 5.83. The first-order valence-electron chi connectivity index (χ1n) is 10.9. The van der Waals surface area contributed by atoms with Gasteiger partial charge in [-0.15, -0.1) is 24.0 Å². The van der Waals surface area contributed by atoms with E-state index in [0.717, 1.165) is 53.9 Å². The predicted octanol–water partition coefficient (Wildman–Crippen LogP) is 5.01. The van der Waals surface area contributed by atoms with Gasteiger partial charge in [0.2, 0.25) is 5.89 Å². The molecule has 0 radical (unpaired) electrons. The third-order valence-electron chi connectivity index (χ3n) is 4.91. The minimum Gasteiger partial charge on any atom is -0.494 e. The van der Waals surface area contributed by atoms with Crippen molar-refractivity contribution in [1.82, 2.24) is 15.6 Å². The molecule has 0 aliphatic rings. The van der Waals surface area contributed by atoms with E-state index < -0.39 is 0 Å². The number of guanidine groups is 1. The summed E-state index contributed by atoms with van der Waals surface area (Å²) in [6.07, 6.45) is 1.91. The third-order valence-corrected chi connectivity index (χ3v) is 4.91. The van der Waals surface area contributed by atoms with E-state index in [1.165, 1.54) is 0 Å². The molecule has 0 atom stereocenters. The van der Waals surface area contributed by atoms with Crippen LogP contribution in [0.25, 0.3) is 0 Å². The maximum atomic E-state index is 5.83. The van der Waals surface area contributed by atoms with Crippen molar-refractivity contribution >= 4 is 29.9 Å². The van der Waals surface area contributed by atoms with Crippen molar-refractivity contribution in [2.24, 2.45) is 4.99 Å². The molecule has 1 aromatic heterocycles. The van der Waals surface area contributed by atoms with Crippen LogP contribution in [0.5, 0.6) is 11.5 Å². The van der Waals surface area contributed by atoms with Gasteiger partial charge in [0.15, 0.2) is 5.96 Å². The molecule has 8 heteroatoms. The van der Waals surface area contributed by atoms with Crippen LogP contribution in [0.4, 0.5) is 0 Å². The first kappa shape index (κ1) is 26.5. The van der Waals surface area contributed by atoms with Gasteiger partial charge in [-0.25, -0.2) is 4.98 Å². The Morgan fingerprint density at radius 2 is 1.64 bits per heavy atom. The normalized spacial score (nSPS) is 10.9. The third kappa shape index (κ3) is 9.33. The van der Waals surface area contributed by atoms with Crippen LogP contribution < -0.4 is 20.1 Å². The molecule has 0 aliphatic heterocycles. The molecule has 3 aromatic rings. The molecule has 2 N–H and O–H groups in total. The van der Waals surface area contributed by atoms with Crippen molar-refractivity contribution in [2.45, 2.75) is 39.8 Å². The summed E-state index contributed by atoms with van der Waals surface area (Å²) in [5, 5.41) is 6.50. The first-order chi connectivity index (χ1) is 15.6. The number of hydrogen-bond donors (Lipinski definition) is 2. The van der Waals surface area contributed by atoms with E-state index in [0.29, 0.717) is 25.6 Å². The number of ether oxygens (including phenoxy) is 2. The molecule has 0 aliphatic carbocycles. The summed E-state index contributed by atoms with van der Waals surface area (Å²) in [6.45, 7) is 6.37. The van der Waals surface area contributed by atoms with Gasteiger partial charge in [0.05, 0.1) is 18.8 Å². The van der Waals surface area contributed by atoms with Crippen molar-refractivity contribution in [3.8, 4) is 11.5 Å². The van der Waals surface area contributed by atoms with Crippen LogP contribution in [-0.4, -0.2) is 31.1 Å². The Labute approximate surface area is 213 Å². The molecular formula is C25H33IN4O3. The Morgan fingerprint density at radius 1 is 0.939 bits per heavy atom. The molecule has 0 saturated heterocycles. The van der Waals surface area contributed by atoms with E-state index >= 15 is 0 Å². The largest absolute Gasteiger partial charge is 0.494 e. The summed E-state index contributed by atoms with van der Waals surface area (Å²) in [6, 6.07) is 17.9. The Balaban J connectivity index is 0.00000385. The molecule has 0 unspecified atom stereocenters. The highest BCUT2D eigenvalue weighted by Gasteiger charge is 2.06. The quantitative estimate of drug-likeness (QED) is 0.148. The number of aliphatic imine (C=N–C) groups is 1. The highest BCUT2D eigenvalue weighted by molar-refractivity contribution is 14.0. The molecule has 2 aromatic carbocycles. The van der Waals surface area contributed by atoms with Crippen molar-refractivity contribution in [3.63, 3.8) is 0 Å².